The Labute approximate surface area is 225 Å². The average molecular weight is 527 g/mol. The minimum Gasteiger partial charge on any atom is -0.478 e. The minimum atomic E-state index is -1.03. The van der Waals surface area contributed by atoms with Crippen LogP contribution in [-0.4, -0.2) is 38.5 Å². The number of amides is 1. The van der Waals surface area contributed by atoms with Gasteiger partial charge in [-0.05, 0) is 61.1 Å². The Bertz CT molecular complexity index is 1490. The second kappa shape index (κ2) is 10.9. The zero-order chi connectivity index (χ0) is 26.6. The summed E-state index contributed by atoms with van der Waals surface area (Å²) in [5.74, 6) is -0.136. The molecule has 0 saturated carbocycles. The molecule has 2 atom stereocenters. The first-order valence-electron chi connectivity index (χ1n) is 12.2. The van der Waals surface area contributed by atoms with E-state index in [1.54, 1.807) is 36.5 Å². The summed E-state index contributed by atoms with van der Waals surface area (Å²) in [5.41, 5.74) is 3.17. The summed E-state index contributed by atoms with van der Waals surface area (Å²) in [4.78, 5) is 31.0. The van der Waals surface area contributed by atoms with Crippen molar-refractivity contribution in [3.05, 3.63) is 108 Å². The Morgan fingerprint density at radius 2 is 1.82 bits per heavy atom. The highest BCUT2D eigenvalue weighted by Crippen LogP contribution is 2.40. The van der Waals surface area contributed by atoms with Gasteiger partial charge in [0.15, 0.2) is 5.11 Å². The molecule has 1 fully saturated rings. The highest BCUT2D eigenvalue weighted by Gasteiger charge is 2.41. The van der Waals surface area contributed by atoms with Crippen molar-refractivity contribution in [2.75, 3.05) is 11.9 Å². The van der Waals surface area contributed by atoms with E-state index in [9.17, 15) is 14.7 Å². The van der Waals surface area contributed by atoms with Crippen LogP contribution in [0.25, 0.3) is 11.3 Å². The average Bonchev–Trinajstić information content (AvgIpc) is 3.53. The van der Waals surface area contributed by atoms with Gasteiger partial charge in [0, 0.05) is 30.4 Å². The number of hydrogen-bond acceptors (Lipinski definition) is 5. The van der Waals surface area contributed by atoms with Gasteiger partial charge in [-0.25, -0.2) is 4.79 Å². The maximum atomic E-state index is 12.8. The first kappa shape index (κ1) is 25.2. The van der Waals surface area contributed by atoms with Crippen molar-refractivity contribution in [2.45, 2.75) is 25.4 Å². The van der Waals surface area contributed by atoms with Crippen LogP contribution >= 0.6 is 12.2 Å². The Morgan fingerprint density at radius 3 is 2.58 bits per heavy atom. The second-order valence-corrected chi connectivity index (χ2v) is 9.37. The van der Waals surface area contributed by atoms with Gasteiger partial charge < -0.3 is 25.1 Å². The van der Waals surface area contributed by atoms with Crippen molar-refractivity contribution in [1.29, 1.82) is 0 Å². The number of carboxylic acid groups (broad SMARTS) is 1. The van der Waals surface area contributed by atoms with E-state index in [0.717, 1.165) is 16.9 Å². The van der Waals surface area contributed by atoms with Crippen LogP contribution in [0.2, 0.25) is 0 Å². The fourth-order valence-electron chi connectivity index (χ4n) is 4.64. The van der Waals surface area contributed by atoms with E-state index >= 15 is 0 Å². The van der Waals surface area contributed by atoms with Gasteiger partial charge in [0.05, 0.1) is 17.3 Å². The molecule has 0 spiro atoms. The molecule has 4 aromatic rings. The second-order valence-electron chi connectivity index (χ2n) is 8.99. The van der Waals surface area contributed by atoms with Crippen LogP contribution in [0.15, 0.2) is 89.5 Å². The van der Waals surface area contributed by atoms with Crippen LogP contribution in [0, 0.1) is 6.92 Å². The molecule has 2 aromatic heterocycles. The lowest BCUT2D eigenvalue weighted by atomic mass is 10.0. The number of para-hydroxylation sites is 1. The quantitative estimate of drug-likeness (QED) is 0.264. The van der Waals surface area contributed by atoms with Gasteiger partial charge in [-0.3, -0.25) is 9.78 Å². The van der Waals surface area contributed by atoms with E-state index in [4.69, 9.17) is 16.6 Å². The number of aromatic nitrogens is 1. The summed E-state index contributed by atoms with van der Waals surface area (Å²) in [6.45, 7) is 2.29. The molecule has 9 heteroatoms. The van der Waals surface area contributed by atoms with Gasteiger partial charge >= 0.3 is 5.97 Å². The molecule has 192 valence electrons. The standard InChI is InChI=1S/C29H26N4O4S/c1-18-8-2-5-11-21(18)31-25(34)15-17-33-27(26(32-29(33)38)22-12-6-7-16-30-22)24-14-13-23(37-24)19-9-3-4-10-20(19)28(35)36/h2-14,16,26-27H,15,17H2,1H3,(H,31,34)(H,32,38)(H,35,36)/t26-,27-/m1/s1. The van der Waals surface area contributed by atoms with E-state index in [1.807, 2.05) is 60.4 Å². The minimum absolute atomic E-state index is 0.127. The number of anilines is 1. The monoisotopic (exact) mass is 526 g/mol. The molecular formula is C29H26N4O4S. The highest BCUT2D eigenvalue weighted by atomic mass is 32.1. The zero-order valence-corrected chi connectivity index (χ0v) is 21.4. The van der Waals surface area contributed by atoms with Gasteiger partial charge in [-0.15, -0.1) is 0 Å². The lowest BCUT2D eigenvalue weighted by Crippen LogP contribution is -2.32. The van der Waals surface area contributed by atoms with Crippen molar-refractivity contribution in [2.24, 2.45) is 0 Å². The molecule has 3 heterocycles. The third kappa shape index (κ3) is 5.14. The van der Waals surface area contributed by atoms with Gasteiger partial charge in [0.1, 0.15) is 17.6 Å². The Kier molecular flexibility index (Phi) is 7.19. The number of carbonyl (C=O) groups excluding carboxylic acids is 1. The zero-order valence-electron chi connectivity index (χ0n) is 20.6. The van der Waals surface area contributed by atoms with E-state index in [1.165, 1.54) is 0 Å². The number of nitrogens with one attached hydrogen (secondary N) is 2. The first-order chi connectivity index (χ1) is 18.4. The molecule has 1 amide bonds. The fourth-order valence-corrected chi connectivity index (χ4v) is 4.98. The summed E-state index contributed by atoms with van der Waals surface area (Å²) < 4.78 is 6.26. The van der Waals surface area contributed by atoms with Gasteiger partial charge in [-0.2, -0.15) is 0 Å². The van der Waals surface area contributed by atoms with Crippen LogP contribution in [0.4, 0.5) is 5.69 Å². The van der Waals surface area contributed by atoms with Crippen LogP contribution in [0.5, 0.6) is 0 Å². The molecule has 1 saturated heterocycles. The van der Waals surface area contributed by atoms with E-state index in [-0.39, 0.29) is 23.9 Å². The summed E-state index contributed by atoms with van der Waals surface area (Å²) in [6, 6.07) is 22.8. The van der Waals surface area contributed by atoms with Crippen molar-refractivity contribution < 1.29 is 19.1 Å². The van der Waals surface area contributed by atoms with E-state index < -0.39 is 12.0 Å². The van der Waals surface area contributed by atoms with E-state index in [0.29, 0.717) is 28.7 Å². The largest absolute Gasteiger partial charge is 0.478 e. The number of furan rings is 1. The van der Waals surface area contributed by atoms with Gasteiger partial charge in [0.25, 0.3) is 0 Å². The lowest BCUT2D eigenvalue weighted by molar-refractivity contribution is -0.116. The third-order valence-corrected chi connectivity index (χ3v) is 6.89. The SMILES string of the molecule is Cc1ccccc1NC(=O)CCN1C(=S)N[C@H](c2ccccn2)[C@H]1c1ccc(-c2ccccc2C(=O)O)o1. The predicted octanol–water partition coefficient (Wildman–Crippen LogP) is 5.35. The van der Waals surface area contributed by atoms with Crippen molar-refractivity contribution >= 4 is 34.9 Å². The van der Waals surface area contributed by atoms with Crippen LogP contribution in [0.1, 0.15) is 45.9 Å². The smallest absolute Gasteiger partial charge is 0.336 e. The van der Waals surface area contributed by atoms with Crippen LogP contribution < -0.4 is 10.6 Å². The number of thiocarbonyl (C=S) groups is 1. The summed E-state index contributed by atoms with van der Waals surface area (Å²) in [7, 11) is 0. The number of pyridine rings is 1. The topological polar surface area (TPSA) is 108 Å². The van der Waals surface area contributed by atoms with Crippen LogP contribution in [-0.2, 0) is 4.79 Å². The Balaban J connectivity index is 1.43. The number of carbonyl (C=O) groups is 2. The molecule has 1 aliphatic heterocycles. The first-order valence-corrected chi connectivity index (χ1v) is 12.6. The number of hydrogen-bond donors (Lipinski definition) is 3. The third-order valence-electron chi connectivity index (χ3n) is 6.54. The molecule has 1 aliphatic rings. The number of rotatable bonds is 8. The van der Waals surface area contributed by atoms with Crippen molar-refractivity contribution in [3.8, 4) is 11.3 Å². The number of benzene rings is 2. The van der Waals surface area contributed by atoms with E-state index in [2.05, 4.69) is 15.6 Å². The summed E-state index contributed by atoms with van der Waals surface area (Å²) in [5, 5.41) is 16.4. The van der Waals surface area contributed by atoms with Gasteiger partial charge in [0.2, 0.25) is 5.91 Å². The number of carboxylic acids is 1. The number of aryl methyl sites for hydroxylation is 1. The molecule has 0 radical (unpaired) electrons. The van der Waals surface area contributed by atoms with Crippen molar-refractivity contribution in [3.63, 3.8) is 0 Å². The molecule has 8 nitrogen and oxygen atoms in total. The normalized spacial score (nSPS) is 16.8. The fraction of sp³-hybridized carbons (Fsp3) is 0.172. The summed E-state index contributed by atoms with van der Waals surface area (Å²) in [6.07, 6.45) is 1.92. The predicted molar refractivity (Wildman–Crippen MR) is 148 cm³/mol. The van der Waals surface area contributed by atoms with Crippen LogP contribution in [0.3, 0.4) is 0 Å². The van der Waals surface area contributed by atoms with Gasteiger partial charge in [-0.1, -0.05) is 42.5 Å². The molecule has 3 N–H and O–H groups in total. The maximum Gasteiger partial charge on any atom is 0.336 e. The van der Waals surface area contributed by atoms with Crippen molar-refractivity contribution in [1.82, 2.24) is 15.2 Å². The molecule has 0 unspecified atom stereocenters. The number of aromatic carboxylic acids is 1. The molecule has 2 aromatic carbocycles. The summed E-state index contributed by atoms with van der Waals surface area (Å²) >= 11 is 5.69. The highest BCUT2D eigenvalue weighted by molar-refractivity contribution is 7.80. The molecule has 5 rings (SSSR count). The Hall–Kier alpha value is -4.50. The molecule has 0 aliphatic carbocycles. The molecule has 38 heavy (non-hydrogen) atoms. The number of nitrogens with zero attached hydrogens (tertiary/aromatic N) is 2. The molecular weight excluding hydrogens is 500 g/mol. The maximum absolute atomic E-state index is 12.8. The lowest BCUT2D eigenvalue weighted by Gasteiger charge is -2.26. The molecule has 0 bridgehead atoms. The Morgan fingerprint density at radius 1 is 1.05 bits per heavy atom.